The molecule has 0 fully saturated rings. The summed E-state index contributed by atoms with van der Waals surface area (Å²) >= 11 is 2.00. The number of ether oxygens (including phenoxy) is 2. The fourth-order valence-corrected chi connectivity index (χ4v) is 2.87. The average Bonchev–Trinajstić information content (AvgIpc) is 2.56. The molecule has 2 rings (SSSR count). The monoisotopic (exact) mass is 465 g/mol. The predicted molar refractivity (Wildman–Crippen MR) is 96.3 cm³/mol. The van der Waals surface area contributed by atoms with Gasteiger partial charge in [0.15, 0.2) is 11.5 Å². The molecule has 0 aliphatic heterocycles. The van der Waals surface area contributed by atoms with Gasteiger partial charge >= 0.3 is 6.18 Å². The lowest BCUT2D eigenvalue weighted by molar-refractivity contribution is -0.137. The number of nitrogens with one attached hydrogen (secondary N) is 1. The lowest BCUT2D eigenvalue weighted by atomic mass is 10.1. The summed E-state index contributed by atoms with van der Waals surface area (Å²) in [7, 11) is 1.45. The van der Waals surface area contributed by atoms with Crippen molar-refractivity contribution in [1.29, 1.82) is 0 Å². The Morgan fingerprint density at radius 3 is 2.56 bits per heavy atom. The van der Waals surface area contributed by atoms with Crippen molar-refractivity contribution in [1.82, 2.24) is 0 Å². The zero-order valence-electron chi connectivity index (χ0n) is 13.4. The van der Waals surface area contributed by atoms with Crippen LogP contribution < -0.4 is 14.8 Å². The first-order valence-electron chi connectivity index (χ1n) is 7.25. The van der Waals surface area contributed by atoms with Crippen LogP contribution in [-0.2, 0) is 6.18 Å². The minimum absolute atomic E-state index is 0.0580. The molecule has 8 heteroatoms. The van der Waals surface area contributed by atoms with Crippen LogP contribution >= 0.6 is 22.6 Å². The molecule has 0 aliphatic rings. The number of amides is 1. The number of carbonyl (C=O) groups excluding carboxylic acids is 1. The number of anilines is 1. The topological polar surface area (TPSA) is 47.6 Å². The molecule has 1 N–H and O–H groups in total. The Hall–Kier alpha value is -1.97. The van der Waals surface area contributed by atoms with Crippen LogP contribution in [0.15, 0.2) is 36.4 Å². The Balaban J connectivity index is 2.28. The maximum absolute atomic E-state index is 12.8. The molecule has 4 nitrogen and oxygen atoms in total. The van der Waals surface area contributed by atoms with Gasteiger partial charge in [-0.2, -0.15) is 13.2 Å². The van der Waals surface area contributed by atoms with Crippen molar-refractivity contribution >= 4 is 34.2 Å². The van der Waals surface area contributed by atoms with Gasteiger partial charge < -0.3 is 14.8 Å². The molecule has 0 unspecified atom stereocenters. The molecule has 0 heterocycles. The van der Waals surface area contributed by atoms with Gasteiger partial charge in [0.1, 0.15) is 0 Å². The molecule has 0 saturated carbocycles. The Kier molecular flexibility index (Phi) is 6.15. The SMILES string of the molecule is CCOc1c(I)cc(C(=O)Nc2cccc(C(F)(F)F)c2)cc1OC. The summed E-state index contributed by atoms with van der Waals surface area (Å²) in [6.45, 7) is 2.26. The number of carbonyl (C=O) groups is 1. The van der Waals surface area contributed by atoms with Gasteiger partial charge in [-0.25, -0.2) is 0 Å². The molecule has 0 aromatic heterocycles. The smallest absolute Gasteiger partial charge is 0.416 e. The largest absolute Gasteiger partial charge is 0.493 e. The maximum atomic E-state index is 12.8. The van der Waals surface area contributed by atoms with Gasteiger partial charge in [-0.1, -0.05) is 6.07 Å². The second-order valence-corrected chi connectivity index (χ2v) is 6.12. The van der Waals surface area contributed by atoms with Crippen molar-refractivity contribution in [3.63, 3.8) is 0 Å². The Morgan fingerprint density at radius 2 is 1.96 bits per heavy atom. The van der Waals surface area contributed by atoms with E-state index in [9.17, 15) is 18.0 Å². The van der Waals surface area contributed by atoms with Crippen molar-refractivity contribution in [2.75, 3.05) is 19.0 Å². The van der Waals surface area contributed by atoms with E-state index >= 15 is 0 Å². The number of alkyl halides is 3. The molecule has 0 bridgehead atoms. The summed E-state index contributed by atoms with van der Waals surface area (Å²) in [6.07, 6.45) is -4.47. The average molecular weight is 465 g/mol. The van der Waals surface area contributed by atoms with Crippen LogP contribution in [0.1, 0.15) is 22.8 Å². The summed E-state index contributed by atoms with van der Waals surface area (Å²) in [5, 5.41) is 2.46. The normalized spacial score (nSPS) is 11.1. The first-order chi connectivity index (χ1) is 11.8. The zero-order chi connectivity index (χ0) is 18.6. The lowest BCUT2D eigenvalue weighted by Crippen LogP contribution is -2.14. The highest BCUT2D eigenvalue weighted by Gasteiger charge is 2.30. The van der Waals surface area contributed by atoms with Crippen LogP contribution in [0.3, 0.4) is 0 Å². The van der Waals surface area contributed by atoms with Gasteiger partial charge in [-0.05, 0) is 59.8 Å². The first kappa shape index (κ1) is 19.4. The second kappa shape index (κ2) is 7.94. The van der Waals surface area contributed by atoms with Gasteiger partial charge in [-0.3, -0.25) is 4.79 Å². The number of rotatable bonds is 5. The Morgan fingerprint density at radius 1 is 1.24 bits per heavy atom. The minimum Gasteiger partial charge on any atom is -0.493 e. The van der Waals surface area contributed by atoms with Crippen molar-refractivity contribution < 1.29 is 27.4 Å². The molecule has 25 heavy (non-hydrogen) atoms. The molecular formula is C17H15F3INO3. The van der Waals surface area contributed by atoms with Crippen LogP contribution in [-0.4, -0.2) is 19.6 Å². The molecule has 0 aliphatic carbocycles. The molecule has 0 saturated heterocycles. The maximum Gasteiger partial charge on any atom is 0.416 e. The van der Waals surface area contributed by atoms with Crippen LogP contribution in [0, 0.1) is 3.57 Å². The van der Waals surface area contributed by atoms with E-state index in [0.717, 1.165) is 12.1 Å². The van der Waals surface area contributed by atoms with E-state index in [0.29, 0.717) is 21.7 Å². The van der Waals surface area contributed by atoms with Crippen LogP contribution in [0.25, 0.3) is 0 Å². The standard InChI is InChI=1S/C17H15F3INO3/c1-3-25-15-13(21)7-10(8-14(15)24-2)16(23)22-12-6-4-5-11(9-12)17(18,19)20/h4-9H,3H2,1-2H3,(H,22,23). The molecule has 0 atom stereocenters. The summed E-state index contributed by atoms with van der Waals surface area (Å²) in [5.41, 5.74) is -0.519. The first-order valence-corrected chi connectivity index (χ1v) is 8.33. The number of hydrogen-bond donors (Lipinski definition) is 1. The van der Waals surface area contributed by atoms with Crippen LogP contribution in [0.2, 0.25) is 0 Å². The quantitative estimate of drug-likeness (QED) is 0.635. The van der Waals surface area contributed by atoms with Gasteiger partial charge in [0.05, 0.1) is 22.9 Å². The van der Waals surface area contributed by atoms with Gasteiger partial charge in [-0.15, -0.1) is 0 Å². The van der Waals surface area contributed by atoms with Crippen LogP contribution in [0.4, 0.5) is 18.9 Å². The molecular weight excluding hydrogens is 450 g/mol. The molecule has 0 spiro atoms. The third-order valence-corrected chi connectivity index (χ3v) is 4.03. The van der Waals surface area contributed by atoms with E-state index in [1.54, 1.807) is 6.07 Å². The Bertz CT molecular complexity index is 778. The lowest BCUT2D eigenvalue weighted by Gasteiger charge is -2.14. The number of halogens is 4. The van der Waals surface area contributed by atoms with Crippen molar-refractivity contribution in [3.05, 3.63) is 51.1 Å². The van der Waals surface area contributed by atoms with Crippen molar-refractivity contribution in [2.45, 2.75) is 13.1 Å². The van der Waals surface area contributed by atoms with E-state index in [2.05, 4.69) is 5.32 Å². The zero-order valence-corrected chi connectivity index (χ0v) is 15.6. The third kappa shape index (κ3) is 4.77. The summed E-state index contributed by atoms with van der Waals surface area (Å²) in [5.74, 6) is 0.350. The summed E-state index contributed by atoms with van der Waals surface area (Å²) < 4.78 is 49.6. The van der Waals surface area contributed by atoms with E-state index in [1.165, 1.54) is 25.3 Å². The summed E-state index contributed by atoms with van der Waals surface area (Å²) in [4.78, 5) is 12.4. The number of hydrogen-bond acceptors (Lipinski definition) is 3. The Labute approximate surface area is 156 Å². The van der Waals surface area contributed by atoms with E-state index < -0.39 is 17.6 Å². The molecule has 2 aromatic carbocycles. The number of methoxy groups -OCH3 is 1. The highest BCUT2D eigenvalue weighted by Crippen LogP contribution is 2.34. The molecule has 1 amide bonds. The van der Waals surface area contributed by atoms with Crippen LogP contribution in [0.5, 0.6) is 11.5 Å². The second-order valence-electron chi connectivity index (χ2n) is 4.96. The molecule has 134 valence electrons. The van der Waals surface area contributed by atoms with E-state index in [-0.39, 0.29) is 11.3 Å². The highest BCUT2D eigenvalue weighted by molar-refractivity contribution is 14.1. The van der Waals surface area contributed by atoms with E-state index in [1.807, 2.05) is 29.5 Å². The number of benzene rings is 2. The van der Waals surface area contributed by atoms with Crippen molar-refractivity contribution in [2.24, 2.45) is 0 Å². The van der Waals surface area contributed by atoms with Gasteiger partial charge in [0, 0.05) is 11.3 Å². The van der Waals surface area contributed by atoms with E-state index in [4.69, 9.17) is 9.47 Å². The predicted octanol–water partition coefficient (Wildman–Crippen LogP) is 4.97. The molecule has 2 aromatic rings. The summed E-state index contributed by atoms with van der Waals surface area (Å²) in [6, 6.07) is 7.52. The van der Waals surface area contributed by atoms with Crippen molar-refractivity contribution in [3.8, 4) is 11.5 Å². The molecule has 0 radical (unpaired) electrons. The van der Waals surface area contributed by atoms with Gasteiger partial charge in [0.2, 0.25) is 0 Å². The third-order valence-electron chi connectivity index (χ3n) is 3.23. The minimum atomic E-state index is -4.47. The fourth-order valence-electron chi connectivity index (χ4n) is 2.11. The van der Waals surface area contributed by atoms with Gasteiger partial charge in [0.25, 0.3) is 5.91 Å². The highest BCUT2D eigenvalue weighted by atomic mass is 127. The fraction of sp³-hybridized carbons (Fsp3) is 0.235.